The van der Waals surface area contributed by atoms with Gasteiger partial charge in [-0.05, 0) is 42.5 Å². The normalized spacial score (nSPS) is 19.7. The maximum absolute atomic E-state index is 13.2. The average Bonchev–Trinajstić information content (AvgIpc) is 3.08. The van der Waals surface area contributed by atoms with Gasteiger partial charge in [-0.3, -0.25) is 0 Å². The van der Waals surface area contributed by atoms with E-state index in [1.165, 1.54) is 0 Å². The smallest absolute Gasteiger partial charge is 0.391 e. The zero-order valence-electron chi connectivity index (χ0n) is 9.41. The first-order valence-electron chi connectivity index (χ1n) is 5.60. The number of nitrogens with two attached hydrogens (primary N) is 1. The fraction of sp³-hybridized carbons (Fsp3) is 0.500. The standard InChI is InChI=1S/C12H13F4NO/c13-9-4-7(3-8(5-9)12(14,15)16)10(17)11(18)6-1-2-6/h3-6,10-11,18H,1-2,17H2/t10-,11+/m1/s1. The van der Waals surface area contributed by atoms with Crippen LogP contribution in [0.1, 0.15) is 30.0 Å². The van der Waals surface area contributed by atoms with Crippen LogP contribution in [-0.4, -0.2) is 11.2 Å². The predicted molar refractivity (Wildman–Crippen MR) is 57.1 cm³/mol. The van der Waals surface area contributed by atoms with Gasteiger partial charge in [0.15, 0.2) is 0 Å². The molecule has 2 atom stereocenters. The van der Waals surface area contributed by atoms with Crippen molar-refractivity contribution in [1.29, 1.82) is 0 Å². The van der Waals surface area contributed by atoms with Crippen molar-refractivity contribution in [1.82, 2.24) is 0 Å². The summed E-state index contributed by atoms with van der Waals surface area (Å²) in [5.74, 6) is -0.990. The van der Waals surface area contributed by atoms with Gasteiger partial charge in [0.05, 0.1) is 17.7 Å². The number of aliphatic hydroxyl groups is 1. The van der Waals surface area contributed by atoms with Crippen LogP contribution in [0.3, 0.4) is 0 Å². The maximum atomic E-state index is 13.2. The van der Waals surface area contributed by atoms with Gasteiger partial charge >= 0.3 is 6.18 Å². The molecule has 1 saturated carbocycles. The highest BCUT2D eigenvalue weighted by Gasteiger charge is 2.36. The number of hydrogen-bond donors (Lipinski definition) is 2. The molecule has 2 nitrogen and oxygen atoms in total. The lowest BCUT2D eigenvalue weighted by atomic mass is 9.97. The average molecular weight is 263 g/mol. The van der Waals surface area contributed by atoms with Crippen molar-refractivity contribution in [2.75, 3.05) is 0 Å². The minimum absolute atomic E-state index is 0.0117. The van der Waals surface area contributed by atoms with Gasteiger partial charge < -0.3 is 10.8 Å². The van der Waals surface area contributed by atoms with Crippen molar-refractivity contribution >= 4 is 0 Å². The van der Waals surface area contributed by atoms with Crippen LogP contribution >= 0.6 is 0 Å². The lowest BCUT2D eigenvalue weighted by Gasteiger charge is -2.20. The van der Waals surface area contributed by atoms with E-state index in [0.717, 1.165) is 25.0 Å². The summed E-state index contributed by atoms with van der Waals surface area (Å²) in [5.41, 5.74) is 4.56. The number of rotatable bonds is 3. The quantitative estimate of drug-likeness (QED) is 0.823. The number of alkyl halides is 3. The molecule has 1 aliphatic rings. The summed E-state index contributed by atoms with van der Waals surface area (Å²) < 4.78 is 50.7. The highest BCUT2D eigenvalue weighted by atomic mass is 19.4. The summed E-state index contributed by atoms with van der Waals surface area (Å²) in [7, 11) is 0. The molecule has 1 fully saturated rings. The molecule has 0 aromatic heterocycles. The fourth-order valence-corrected chi connectivity index (χ4v) is 1.90. The molecule has 0 aliphatic heterocycles. The zero-order valence-corrected chi connectivity index (χ0v) is 9.41. The second-order valence-electron chi connectivity index (χ2n) is 4.62. The van der Waals surface area contributed by atoms with Gasteiger partial charge in [-0.25, -0.2) is 4.39 Å². The van der Waals surface area contributed by atoms with Crippen LogP contribution in [0.15, 0.2) is 18.2 Å². The van der Waals surface area contributed by atoms with Gasteiger partial charge in [-0.2, -0.15) is 13.2 Å². The number of halogens is 4. The van der Waals surface area contributed by atoms with Crippen molar-refractivity contribution in [3.05, 3.63) is 35.1 Å². The Labute approximate surface area is 101 Å². The minimum atomic E-state index is -4.62. The van der Waals surface area contributed by atoms with Crippen LogP contribution in [0.4, 0.5) is 17.6 Å². The molecule has 0 spiro atoms. The van der Waals surface area contributed by atoms with E-state index in [4.69, 9.17) is 5.73 Å². The molecule has 6 heteroatoms. The zero-order chi connectivity index (χ0) is 13.5. The van der Waals surface area contributed by atoms with Gasteiger partial charge in [0.1, 0.15) is 5.82 Å². The summed E-state index contributed by atoms with van der Waals surface area (Å²) in [4.78, 5) is 0. The Morgan fingerprint density at radius 1 is 1.22 bits per heavy atom. The minimum Gasteiger partial charge on any atom is -0.391 e. The molecule has 3 N–H and O–H groups in total. The Bertz CT molecular complexity index is 442. The van der Waals surface area contributed by atoms with Crippen molar-refractivity contribution in [2.24, 2.45) is 11.7 Å². The molecule has 100 valence electrons. The van der Waals surface area contributed by atoms with E-state index >= 15 is 0 Å². The lowest BCUT2D eigenvalue weighted by Crippen LogP contribution is -2.28. The summed E-state index contributed by atoms with van der Waals surface area (Å²) in [5, 5.41) is 9.77. The van der Waals surface area contributed by atoms with E-state index in [2.05, 4.69) is 0 Å². The molecule has 1 aromatic rings. The molecule has 18 heavy (non-hydrogen) atoms. The maximum Gasteiger partial charge on any atom is 0.416 e. The molecule has 0 unspecified atom stereocenters. The van der Waals surface area contributed by atoms with Gasteiger partial charge in [0.25, 0.3) is 0 Å². The van der Waals surface area contributed by atoms with E-state index in [-0.39, 0.29) is 11.5 Å². The summed E-state index contributed by atoms with van der Waals surface area (Å²) in [6.45, 7) is 0. The first-order valence-corrected chi connectivity index (χ1v) is 5.60. The van der Waals surface area contributed by atoms with Crippen LogP contribution in [0.2, 0.25) is 0 Å². The molecular weight excluding hydrogens is 250 g/mol. The number of benzene rings is 1. The van der Waals surface area contributed by atoms with Crippen LogP contribution < -0.4 is 5.73 Å². The topological polar surface area (TPSA) is 46.2 Å². The molecular formula is C12H13F4NO. The lowest BCUT2D eigenvalue weighted by molar-refractivity contribution is -0.137. The Kier molecular flexibility index (Phi) is 3.33. The van der Waals surface area contributed by atoms with Crippen molar-refractivity contribution in [2.45, 2.75) is 31.2 Å². The van der Waals surface area contributed by atoms with E-state index < -0.39 is 29.7 Å². The first kappa shape index (κ1) is 13.3. The van der Waals surface area contributed by atoms with Crippen LogP contribution in [0.5, 0.6) is 0 Å². The molecule has 1 aromatic carbocycles. The van der Waals surface area contributed by atoms with E-state index in [1.807, 2.05) is 0 Å². The molecule has 0 radical (unpaired) electrons. The second kappa shape index (κ2) is 4.51. The molecule has 0 amide bonds. The second-order valence-corrected chi connectivity index (χ2v) is 4.62. The van der Waals surface area contributed by atoms with Gasteiger partial charge in [-0.1, -0.05) is 0 Å². The number of aliphatic hydroxyl groups excluding tert-OH is 1. The Morgan fingerprint density at radius 2 is 1.83 bits per heavy atom. The third-order valence-corrected chi connectivity index (χ3v) is 3.11. The van der Waals surface area contributed by atoms with Crippen molar-refractivity contribution in [3.8, 4) is 0 Å². The van der Waals surface area contributed by atoms with Crippen LogP contribution in [0, 0.1) is 11.7 Å². The van der Waals surface area contributed by atoms with Crippen molar-refractivity contribution < 1.29 is 22.7 Å². The largest absolute Gasteiger partial charge is 0.416 e. The summed E-state index contributed by atoms with van der Waals surface area (Å²) in [6, 6.07) is 1.15. The Hall–Kier alpha value is -1.14. The molecule has 0 heterocycles. The number of hydrogen-bond acceptors (Lipinski definition) is 2. The Morgan fingerprint density at radius 3 is 2.33 bits per heavy atom. The molecule has 0 bridgehead atoms. The molecule has 0 saturated heterocycles. The predicted octanol–water partition coefficient (Wildman–Crippen LogP) is 2.62. The molecule has 1 aliphatic carbocycles. The van der Waals surface area contributed by atoms with E-state index in [0.29, 0.717) is 6.07 Å². The third kappa shape index (κ3) is 2.81. The fourth-order valence-electron chi connectivity index (χ4n) is 1.90. The summed E-state index contributed by atoms with van der Waals surface area (Å²) in [6.07, 6.45) is -3.94. The van der Waals surface area contributed by atoms with Gasteiger partial charge in [0, 0.05) is 0 Å². The summed E-state index contributed by atoms with van der Waals surface area (Å²) >= 11 is 0. The molecule has 2 rings (SSSR count). The Balaban J connectivity index is 2.29. The SMILES string of the molecule is N[C@H](c1cc(F)cc(C(F)(F)F)c1)[C@@H](O)C1CC1. The monoisotopic (exact) mass is 263 g/mol. The third-order valence-electron chi connectivity index (χ3n) is 3.11. The highest BCUT2D eigenvalue weighted by molar-refractivity contribution is 5.29. The van der Waals surface area contributed by atoms with Crippen LogP contribution in [0.25, 0.3) is 0 Å². The van der Waals surface area contributed by atoms with Crippen molar-refractivity contribution in [3.63, 3.8) is 0 Å². The van der Waals surface area contributed by atoms with Crippen LogP contribution in [-0.2, 0) is 6.18 Å². The van der Waals surface area contributed by atoms with E-state index in [9.17, 15) is 22.7 Å². The highest BCUT2D eigenvalue weighted by Crippen LogP contribution is 2.38. The van der Waals surface area contributed by atoms with Gasteiger partial charge in [-0.15, -0.1) is 0 Å². The first-order chi connectivity index (χ1) is 8.29. The van der Waals surface area contributed by atoms with E-state index in [1.54, 1.807) is 0 Å². The van der Waals surface area contributed by atoms with Gasteiger partial charge in [0.2, 0.25) is 0 Å².